The quantitative estimate of drug-likeness (QED) is 0.850. The molecule has 1 aromatic carbocycles. The Bertz CT molecular complexity index is 513. The maximum absolute atomic E-state index is 14.1. The molecule has 0 saturated heterocycles. The summed E-state index contributed by atoms with van der Waals surface area (Å²) >= 11 is 0. The van der Waals surface area contributed by atoms with Crippen LogP contribution in [-0.2, 0) is 21.3 Å². The normalized spacial score (nSPS) is 18.1. The Balaban J connectivity index is 3.28. The van der Waals surface area contributed by atoms with Crippen LogP contribution in [0.2, 0.25) is 0 Å². The highest BCUT2D eigenvalue weighted by molar-refractivity contribution is 7.84. The number of aldehydes is 1. The zero-order chi connectivity index (χ0) is 15.6. The second-order valence-corrected chi connectivity index (χ2v) is 8.06. The molecule has 0 bridgehead atoms. The zero-order valence-corrected chi connectivity index (χ0v) is 13.4. The van der Waals surface area contributed by atoms with Crippen molar-refractivity contribution in [2.24, 2.45) is 5.92 Å². The van der Waals surface area contributed by atoms with Gasteiger partial charge in [0.1, 0.15) is 12.1 Å². The third-order valence-corrected chi connectivity index (χ3v) is 5.13. The van der Waals surface area contributed by atoms with Crippen molar-refractivity contribution in [1.82, 2.24) is 4.72 Å². The van der Waals surface area contributed by atoms with Crippen molar-refractivity contribution in [3.63, 3.8) is 0 Å². The second-order valence-electron chi connectivity index (χ2n) is 6.09. The lowest BCUT2D eigenvalue weighted by Crippen LogP contribution is -2.50. The third kappa shape index (κ3) is 3.52. The Labute approximate surface area is 122 Å². The maximum Gasteiger partial charge on any atom is 0.128 e. The van der Waals surface area contributed by atoms with Crippen molar-refractivity contribution >= 4 is 17.3 Å². The second kappa shape index (κ2) is 6.14. The lowest BCUT2D eigenvalue weighted by Gasteiger charge is -2.36. The molecule has 0 aliphatic rings. The van der Waals surface area contributed by atoms with Crippen LogP contribution in [0.3, 0.4) is 0 Å². The molecular formula is C15H22FNO2S. The summed E-state index contributed by atoms with van der Waals surface area (Å²) in [6.07, 6.45) is 0.749. The van der Waals surface area contributed by atoms with Gasteiger partial charge in [-0.15, -0.1) is 0 Å². The first-order valence-electron chi connectivity index (χ1n) is 6.53. The van der Waals surface area contributed by atoms with E-state index in [1.165, 1.54) is 6.07 Å². The van der Waals surface area contributed by atoms with Crippen LogP contribution in [0, 0.1) is 11.7 Å². The van der Waals surface area contributed by atoms with E-state index in [1.54, 1.807) is 32.0 Å². The highest BCUT2D eigenvalue weighted by Gasteiger charge is 2.38. The van der Waals surface area contributed by atoms with Crippen LogP contribution in [0.15, 0.2) is 24.3 Å². The minimum Gasteiger partial charge on any atom is -0.303 e. The van der Waals surface area contributed by atoms with Gasteiger partial charge in [0.2, 0.25) is 0 Å². The van der Waals surface area contributed by atoms with Gasteiger partial charge < -0.3 is 4.79 Å². The van der Waals surface area contributed by atoms with Gasteiger partial charge in [-0.3, -0.25) is 0 Å². The summed E-state index contributed by atoms with van der Waals surface area (Å²) in [5.74, 6) is -0.937. The summed E-state index contributed by atoms with van der Waals surface area (Å²) in [4.78, 5) is 11.2. The molecule has 1 rings (SSSR count). The lowest BCUT2D eigenvalue weighted by molar-refractivity contribution is -0.112. The molecule has 20 heavy (non-hydrogen) atoms. The molecular weight excluding hydrogens is 277 g/mol. The van der Waals surface area contributed by atoms with E-state index in [9.17, 15) is 13.4 Å². The summed E-state index contributed by atoms with van der Waals surface area (Å²) in [5, 5.41) is 0. The number of carbonyl (C=O) groups excluding carboxylic acids is 1. The molecule has 1 N–H and O–H groups in total. The molecule has 3 nitrogen and oxygen atoms in total. The van der Waals surface area contributed by atoms with Crippen molar-refractivity contribution in [1.29, 1.82) is 0 Å². The first-order chi connectivity index (χ1) is 9.13. The number of rotatable bonds is 5. The largest absolute Gasteiger partial charge is 0.303 e. The van der Waals surface area contributed by atoms with Crippen molar-refractivity contribution in [3.8, 4) is 0 Å². The smallest absolute Gasteiger partial charge is 0.128 e. The van der Waals surface area contributed by atoms with E-state index in [4.69, 9.17) is 0 Å². The summed E-state index contributed by atoms with van der Waals surface area (Å²) in [5.41, 5.74) is -0.678. The molecule has 0 spiro atoms. The molecule has 0 aromatic heterocycles. The number of hydrogen-bond donors (Lipinski definition) is 1. The van der Waals surface area contributed by atoms with Crippen LogP contribution in [-0.4, -0.2) is 15.2 Å². The van der Waals surface area contributed by atoms with E-state index in [0.717, 1.165) is 6.29 Å². The predicted octanol–water partition coefficient (Wildman–Crippen LogP) is 2.93. The van der Waals surface area contributed by atoms with Gasteiger partial charge in [-0.05, 0) is 33.8 Å². The van der Waals surface area contributed by atoms with Crippen molar-refractivity contribution < 1.29 is 13.4 Å². The minimum atomic E-state index is -1.41. The van der Waals surface area contributed by atoms with E-state index in [0.29, 0.717) is 5.56 Å². The van der Waals surface area contributed by atoms with Gasteiger partial charge in [0.05, 0.1) is 21.3 Å². The van der Waals surface area contributed by atoms with Crippen LogP contribution in [0.25, 0.3) is 0 Å². The van der Waals surface area contributed by atoms with E-state index < -0.39 is 33.0 Å². The van der Waals surface area contributed by atoms with E-state index in [-0.39, 0.29) is 0 Å². The Kier molecular flexibility index (Phi) is 5.21. The molecule has 0 amide bonds. The Morgan fingerprint density at radius 3 is 2.25 bits per heavy atom. The van der Waals surface area contributed by atoms with E-state index in [1.807, 2.05) is 20.8 Å². The van der Waals surface area contributed by atoms with E-state index >= 15 is 0 Å². The summed E-state index contributed by atoms with van der Waals surface area (Å²) in [7, 11) is -1.41. The zero-order valence-electron chi connectivity index (χ0n) is 12.6. The highest BCUT2D eigenvalue weighted by Crippen LogP contribution is 2.32. The van der Waals surface area contributed by atoms with Gasteiger partial charge in [0, 0.05) is 11.5 Å². The van der Waals surface area contributed by atoms with Crippen LogP contribution >= 0.6 is 0 Å². The van der Waals surface area contributed by atoms with E-state index in [2.05, 4.69) is 4.72 Å². The molecule has 3 atom stereocenters. The number of halogens is 1. The molecule has 1 aromatic rings. The number of carbonyl (C=O) groups is 1. The predicted molar refractivity (Wildman–Crippen MR) is 80.0 cm³/mol. The van der Waals surface area contributed by atoms with Gasteiger partial charge in [0.15, 0.2) is 0 Å². The third-order valence-electron chi connectivity index (χ3n) is 3.41. The Morgan fingerprint density at radius 1 is 1.25 bits per heavy atom. The monoisotopic (exact) mass is 299 g/mol. The number of benzene rings is 1. The summed E-state index contributed by atoms with van der Waals surface area (Å²) in [6.45, 7) is 8.86. The fraction of sp³-hybridized carbons (Fsp3) is 0.533. The molecule has 5 heteroatoms. The van der Waals surface area contributed by atoms with Crippen molar-refractivity contribution in [2.75, 3.05) is 0 Å². The highest BCUT2D eigenvalue weighted by atomic mass is 32.2. The topological polar surface area (TPSA) is 46.2 Å². The Morgan fingerprint density at radius 2 is 1.80 bits per heavy atom. The van der Waals surface area contributed by atoms with Crippen molar-refractivity contribution in [2.45, 2.75) is 44.9 Å². The fourth-order valence-corrected chi connectivity index (χ4v) is 2.74. The maximum atomic E-state index is 14.1. The first kappa shape index (κ1) is 17.0. The molecule has 0 radical (unpaired) electrons. The van der Waals surface area contributed by atoms with Crippen LogP contribution in [0.4, 0.5) is 4.39 Å². The number of hydrogen-bond acceptors (Lipinski definition) is 2. The molecule has 0 fully saturated rings. The summed E-state index contributed by atoms with van der Waals surface area (Å²) in [6, 6.07) is 6.25. The SMILES string of the molecule is CC(C=O)[C@](C)(NS(=O)C(C)(C)C)c1ccccc1F. The van der Waals surface area contributed by atoms with Crippen LogP contribution < -0.4 is 4.72 Å². The molecule has 0 heterocycles. The molecule has 2 unspecified atom stereocenters. The van der Waals surface area contributed by atoms with Gasteiger partial charge in [-0.2, -0.15) is 0 Å². The molecule has 112 valence electrons. The lowest BCUT2D eigenvalue weighted by atomic mass is 9.82. The van der Waals surface area contributed by atoms with Gasteiger partial charge >= 0.3 is 0 Å². The van der Waals surface area contributed by atoms with Crippen molar-refractivity contribution in [3.05, 3.63) is 35.6 Å². The molecule has 0 aliphatic carbocycles. The minimum absolute atomic E-state index is 0.345. The summed E-state index contributed by atoms with van der Waals surface area (Å²) < 4.78 is 28.9. The molecule has 0 saturated carbocycles. The van der Waals surface area contributed by atoms with Gasteiger partial charge in [0.25, 0.3) is 0 Å². The number of nitrogens with one attached hydrogen (secondary N) is 1. The van der Waals surface area contributed by atoms with Gasteiger partial charge in [-0.25, -0.2) is 13.3 Å². The fourth-order valence-electron chi connectivity index (χ4n) is 1.76. The van der Waals surface area contributed by atoms with Gasteiger partial charge in [-0.1, -0.05) is 25.1 Å². The average molecular weight is 299 g/mol. The molecule has 0 aliphatic heterocycles. The first-order valence-corrected chi connectivity index (χ1v) is 7.68. The van der Waals surface area contributed by atoms with Crippen LogP contribution in [0.5, 0.6) is 0 Å². The van der Waals surface area contributed by atoms with Crippen LogP contribution in [0.1, 0.15) is 40.2 Å². The standard InChI is InChI=1S/C15H22FNO2S/c1-11(10-18)15(5,17-20(19)14(2,3)4)12-8-6-7-9-13(12)16/h6-11,17H,1-5H3/t11?,15-,20?/m0/s1. The average Bonchev–Trinajstić information content (AvgIpc) is 2.36. The Hall–Kier alpha value is -1.07.